The van der Waals surface area contributed by atoms with Crippen LogP contribution in [0.3, 0.4) is 0 Å². The van der Waals surface area contributed by atoms with Gasteiger partial charge in [0.25, 0.3) is 0 Å². The molecule has 0 radical (unpaired) electrons. The van der Waals surface area contributed by atoms with Gasteiger partial charge >= 0.3 is 0 Å². The molecule has 17 heavy (non-hydrogen) atoms. The van der Waals surface area contributed by atoms with Crippen LogP contribution < -0.4 is 11.5 Å². The maximum Gasteiger partial charge on any atom is -0.00341 e. The van der Waals surface area contributed by atoms with E-state index in [0.717, 1.165) is 6.42 Å². The topological polar surface area (TPSA) is 52.0 Å². The number of nitrogens with two attached hydrogens (primary N) is 2. The summed E-state index contributed by atoms with van der Waals surface area (Å²) in [5.41, 5.74) is 14.3. The minimum Gasteiger partial charge on any atom is -0.330 e. The van der Waals surface area contributed by atoms with E-state index in [0.29, 0.717) is 24.9 Å². The number of rotatable bonds is 7. The molecule has 0 fully saturated rings. The second kappa shape index (κ2) is 7.46. The lowest BCUT2D eigenvalue weighted by Crippen LogP contribution is -2.30. The minimum atomic E-state index is 0.435. The van der Waals surface area contributed by atoms with Crippen LogP contribution in [0.2, 0.25) is 0 Å². The Bertz CT molecular complexity index is 301. The average Bonchev–Trinajstić information content (AvgIpc) is 2.33. The monoisotopic (exact) mass is 234 g/mol. The summed E-state index contributed by atoms with van der Waals surface area (Å²) in [6.45, 7) is 5.82. The van der Waals surface area contributed by atoms with Gasteiger partial charge in [-0.2, -0.15) is 0 Å². The Morgan fingerprint density at radius 1 is 1.00 bits per heavy atom. The molecule has 1 atom stereocenters. The van der Waals surface area contributed by atoms with E-state index in [-0.39, 0.29) is 0 Å². The third-order valence-electron chi connectivity index (χ3n) is 3.53. The molecule has 0 aliphatic carbocycles. The van der Waals surface area contributed by atoms with Gasteiger partial charge in [0.2, 0.25) is 0 Å². The molecule has 0 saturated heterocycles. The summed E-state index contributed by atoms with van der Waals surface area (Å²) in [5.74, 6) is 0.993. The van der Waals surface area contributed by atoms with Crippen molar-refractivity contribution in [2.75, 3.05) is 13.1 Å². The van der Waals surface area contributed by atoms with Crippen LogP contribution in [0.1, 0.15) is 31.4 Å². The van der Waals surface area contributed by atoms with Crippen LogP contribution in [0.15, 0.2) is 24.3 Å². The maximum atomic E-state index is 5.72. The Hall–Kier alpha value is -0.860. The van der Waals surface area contributed by atoms with E-state index in [1.54, 1.807) is 0 Å². The number of aryl methyl sites for hydroxylation is 1. The second-order valence-electron chi connectivity index (χ2n) is 4.98. The maximum absolute atomic E-state index is 5.72. The van der Waals surface area contributed by atoms with E-state index in [1.165, 1.54) is 24.0 Å². The van der Waals surface area contributed by atoms with Gasteiger partial charge in [0.15, 0.2) is 0 Å². The van der Waals surface area contributed by atoms with Crippen LogP contribution in [0.5, 0.6) is 0 Å². The van der Waals surface area contributed by atoms with Crippen LogP contribution in [-0.2, 0) is 12.8 Å². The lowest BCUT2D eigenvalue weighted by Gasteiger charge is -2.20. The zero-order chi connectivity index (χ0) is 12.7. The Morgan fingerprint density at radius 3 is 2.00 bits per heavy atom. The second-order valence-corrected chi connectivity index (χ2v) is 4.98. The first kappa shape index (κ1) is 14.2. The van der Waals surface area contributed by atoms with Crippen molar-refractivity contribution >= 4 is 0 Å². The quantitative estimate of drug-likeness (QED) is 0.761. The molecule has 0 spiro atoms. The van der Waals surface area contributed by atoms with E-state index < -0.39 is 0 Å². The third kappa shape index (κ3) is 4.49. The van der Waals surface area contributed by atoms with Crippen molar-refractivity contribution in [1.29, 1.82) is 0 Å². The van der Waals surface area contributed by atoms with Gasteiger partial charge < -0.3 is 11.5 Å². The van der Waals surface area contributed by atoms with Crippen molar-refractivity contribution in [3.63, 3.8) is 0 Å². The molecule has 1 aromatic rings. The molecule has 0 saturated carbocycles. The molecule has 0 amide bonds. The van der Waals surface area contributed by atoms with Crippen molar-refractivity contribution < 1.29 is 0 Å². The van der Waals surface area contributed by atoms with E-state index in [4.69, 9.17) is 11.5 Å². The highest BCUT2D eigenvalue weighted by molar-refractivity contribution is 5.23. The number of hydrogen-bond donors (Lipinski definition) is 2. The van der Waals surface area contributed by atoms with E-state index in [2.05, 4.69) is 38.1 Å². The standard InChI is InChI=1S/C15H26N2/c1-3-4-13-5-7-14(8-6-13)9-12(2)15(10-16)11-17/h5-8,12,15H,3-4,9-11,16-17H2,1-2H3. The fourth-order valence-electron chi connectivity index (χ4n) is 2.23. The van der Waals surface area contributed by atoms with Gasteiger partial charge in [0.1, 0.15) is 0 Å². The van der Waals surface area contributed by atoms with Crippen LogP contribution in [-0.4, -0.2) is 13.1 Å². The molecule has 4 N–H and O–H groups in total. The van der Waals surface area contributed by atoms with Gasteiger partial charge in [0, 0.05) is 0 Å². The molecule has 2 nitrogen and oxygen atoms in total. The summed E-state index contributed by atoms with van der Waals surface area (Å²) < 4.78 is 0. The summed E-state index contributed by atoms with van der Waals surface area (Å²) in [6.07, 6.45) is 3.45. The molecule has 1 unspecified atom stereocenters. The van der Waals surface area contributed by atoms with Crippen molar-refractivity contribution in [2.45, 2.75) is 33.1 Å². The lowest BCUT2D eigenvalue weighted by atomic mass is 9.88. The highest BCUT2D eigenvalue weighted by atomic mass is 14.6. The first-order chi connectivity index (χ1) is 8.21. The first-order valence-corrected chi connectivity index (χ1v) is 6.69. The lowest BCUT2D eigenvalue weighted by molar-refractivity contribution is 0.372. The van der Waals surface area contributed by atoms with Gasteiger partial charge in [-0.15, -0.1) is 0 Å². The largest absolute Gasteiger partial charge is 0.330 e. The fraction of sp³-hybridized carbons (Fsp3) is 0.600. The molecular formula is C15H26N2. The Balaban J connectivity index is 2.56. The van der Waals surface area contributed by atoms with Crippen LogP contribution >= 0.6 is 0 Å². The summed E-state index contributed by atoms with van der Waals surface area (Å²) in [6, 6.07) is 8.97. The summed E-state index contributed by atoms with van der Waals surface area (Å²) in [5, 5.41) is 0. The molecule has 0 bridgehead atoms. The molecule has 0 heterocycles. The molecular weight excluding hydrogens is 208 g/mol. The summed E-state index contributed by atoms with van der Waals surface area (Å²) >= 11 is 0. The van der Waals surface area contributed by atoms with Crippen molar-refractivity contribution in [1.82, 2.24) is 0 Å². The normalized spacial score (nSPS) is 13.0. The molecule has 0 aromatic heterocycles. The highest BCUT2D eigenvalue weighted by Crippen LogP contribution is 2.17. The van der Waals surface area contributed by atoms with Crippen molar-refractivity contribution in [3.8, 4) is 0 Å². The molecule has 0 aliphatic rings. The predicted molar refractivity (Wildman–Crippen MR) is 74.9 cm³/mol. The fourth-order valence-corrected chi connectivity index (χ4v) is 2.23. The average molecular weight is 234 g/mol. The van der Waals surface area contributed by atoms with Crippen LogP contribution in [0.25, 0.3) is 0 Å². The van der Waals surface area contributed by atoms with Crippen molar-refractivity contribution in [2.24, 2.45) is 23.3 Å². The molecule has 1 aromatic carbocycles. The smallest absolute Gasteiger partial charge is 0.00341 e. The van der Waals surface area contributed by atoms with Gasteiger partial charge in [-0.05, 0) is 48.9 Å². The van der Waals surface area contributed by atoms with Gasteiger partial charge in [-0.1, -0.05) is 44.5 Å². The first-order valence-electron chi connectivity index (χ1n) is 6.69. The van der Waals surface area contributed by atoms with E-state index in [9.17, 15) is 0 Å². The van der Waals surface area contributed by atoms with Crippen LogP contribution in [0.4, 0.5) is 0 Å². The molecule has 2 heteroatoms. The summed E-state index contributed by atoms with van der Waals surface area (Å²) in [4.78, 5) is 0. The van der Waals surface area contributed by atoms with E-state index in [1.807, 2.05) is 0 Å². The van der Waals surface area contributed by atoms with Gasteiger partial charge in [-0.3, -0.25) is 0 Å². The Kier molecular flexibility index (Phi) is 6.23. The molecule has 1 rings (SSSR count). The van der Waals surface area contributed by atoms with E-state index >= 15 is 0 Å². The molecule has 96 valence electrons. The zero-order valence-electron chi connectivity index (χ0n) is 11.2. The van der Waals surface area contributed by atoms with Gasteiger partial charge in [0.05, 0.1) is 0 Å². The number of benzene rings is 1. The SMILES string of the molecule is CCCc1ccc(CC(C)C(CN)CN)cc1. The van der Waals surface area contributed by atoms with Crippen molar-refractivity contribution in [3.05, 3.63) is 35.4 Å². The highest BCUT2D eigenvalue weighted by Gasteiger charge is 2.14. The number of hydrogen-bond acceptors (Lipinski definition) is 2. The summed E-state index contributed by atoms with van der Waals surface area (Å²) in [7, 11) is 0. The Labute approximate surface area is 105 Å². The third-order valence-corrected chi connectivity index (χ3v) is 3.53. The van der Waals surface area contributed by atoms with Crippen LogP contribution in [0, 0.1) is 11.8 Å². The minimum absolute atomic E-state index is 0.435. The zero-order valence-corrected chi connectivity index (χ0v) is 11.2. The van der Waals surface area contributed by atoms with Gasteiger partial charge in [-0.25, -0.2) is 0 Å². The molecule has 0 aliphatic heterocycles. The Morgan fingerprint density at radius 2 is 1.53 bits per heavy atom. The predicted octanol–water partition coefficient (Wildman–Crippen LogP) is 2.35.